The van der Waals surface area contributed by atoms with Crippen LogP contribution in [0.3, 0.4) is 0 Å². The van der Waals surface area contributed by atoms with E-state index in [9.17, 15) is 9.59 Å². The van der Waals surface area contributed by atoms with Crippen molar-refractivity contribution in [2.24, 2.45) is 0 Å². The van der Waals surface area contributed by atoms with E-state index in [1.54, 1.807) is 4.90 Å². The van der Waals surface area contributed by atoms with Crippen LogP contribution in [0.5, 0.6) is 0 Å². The number of nitrogens with one attached hydrogen (secondary N) is 2. The zero-order chi connectivity index (χ0) is 17.1. The van der Waals surface area contributed by atoms with Crippen LogP contribution < -0.4 is 15.5 Å². The molecule has 0 unspecified atom stereocenters. The number of carbonyl (C=O) groups is 2. The van der Waals surface area contributed by atoms with Crippen LogP contribution in [-0.2, 0) is 4.79 Å². The minimum absolute atomic E-state index is 0.0627. The van der Waals surface area contributed by atoms with Crippen LogP contribution >= 0.6 is 0 Å². The van der Waals surface area contributed by atoms with Gasteiger partial charge in [0.05, 0.1) is 17.4 Å². The summed E-state index contributed by atoms with van der Waals surface area (Å²) in [5.74, 6) is -0.0627. The highest BCUT2D eigenvalue weighted by molar-refractivity contribution is 5.96. The van der Waals surface area contributed by atoms with Crippen LogP contribution in [0.4, 0.5) is 16.2 Å². The minimum atomic E-state index is -0.182. The molecule has 6 heteroatoms. The van der Waals surface area contributed by atoms with Crippen molar-refractivity contribution in [1.82, 2.24) is 10.2 Å². The summed E-state index contributed by atoms with van der Waals surface area (Å²) in [6.45, 7) is 3.06. The fourth-order valence-corrected chi connectivity index (χ4v) is 3.67. The summed E-state index contributed by atoms with van der Waals surface area (Å²) in [5.41, 5.74) is 1.76. The number of amides is 3. The molecule has 2 N–H and O–H groups in total. The van der Waals surface area contributed by atoms with Gasteiger partial charge in [-0.3, -0.25) is 4.79 Å². The summed E-state index contributed by atoms with van der Waals surface area (Å²) >= 11 is 0. The van der Waals surface area contributed by atoms with Gasteiger partial charge in [0.25, 0.3) is 0 Å². The molecule has 24 heavy (non-hydrogen) atoms. The highest BCUT2D eigenvalue weighted by atomic mass is 16.2. The SMILES string of the molecule is CCN(C)c1ccccc1NC(=O)N1CC(=O)N[C@@H]2CCCC[C@@H]21. The lowest BCUT2D eigenvalue weighted by Crippen LogP contribution is -2.63. The van der Waals surface area contributed by atoms with Crippen molar-refractivity contribution < 1.29 is 9.59 Å². The fourth-order valence-electron chi connectivity index (χ4n) is 3.67. The molecule has 1 heterocycles. The Hall–Kier alpha value is -2.24. The van der Waals surface area contributed by atoms with Crippen LogP contribution in [0.1, 0.15) is 32.6 Å². The maximum Gasteiger partial charge on any atom is 0.322 e. The Balaban J connectivity index is 1.78. The van der Waals surface area contributed by atoms with Gasteiger partial charge in [-0.25, -0.2) is 4.79 Å². The number of hydrogen-bond acceptors (Lipinski definition) is 3. The minimum Gasteiger partial charge on any atom is -0.373 e. The molecule has 6 nitrogen and oxygen atoms in total. The Morgan fingerprint density at radius 2 is 2.08 bits per heavy atom. The Morgan fingerprint density at radius 1 is 1.33 bits per heavy atom. The molecule has 1 saturated carbocycles. The van der Waals surface area contributed by atoms with Gasteiger partial charge in [-0.15, -0.1) is 0 Å². The van der Waals surface area contributed by atoms with Gasteiger partial charge in [-0.05, 0) is 31.9 Å². The molecule has 1 aromatic rings. The maximum absolute atomic E-state index is 12.8. The first kappa shape index (κ1) is 16.6. The molecule has 1 aliphatic carbocycles. The molecule has 0 aromatic heterocycles. The lowest BCUT2D eigenvalue weighted by atomic mass is 9.87. The first-order chi connectivity index (χ1) is 11.6. The third kappa shape index (κ3) is 3.32. The summed E-state index contributed by atoms with van der Waals surface area (Å²) in [7, 11) is 2.00. The number of urea groups is 1. The second-order valence-corrected chi connectivity index (χ2v) is 6.62. The van der Waals surface area contributed by atoms with Gasteiger partial charge in [-0.1, -0.05) is 25.0 Å². The third-order valence-electron chi connectivity index (χ3n) is 5.08. The van der Waals surface area contributed by atoms with Gasteiger partial charge in [0, 0.05) is 19.6 Å². The van der Waals surface area contributed by atoms with Crippen LogP contribution in [0, 0.1) is 0 Å². The molecular formula is C18H26N4O2. The number of rotatable bonds is 3. The van der Waals surface area contributed by atoms with E-state index in [4.69, 9.17) is 0 Å². The number of nitrogens with zero attached hydrogens (tertiary/aromatic N) is 2. The van der Waals surface area contributed by atoms with E-state index in [0.29, 0.717) is 0 Å². The molecular weight excluding hydrogens is 304 g/mol. The zero-order valence-corrected chi connectivity index (χ0v) is 14.4. The molecule has 0 radical (unpaired) electrons. The van der Waals surface area contributed by atoms with E-state index >= 15 is 0 Å². The number of para-hydroxylation sites is 2. The number of carbonyl (C=O) groups excluding carboxylic acids is 2. The van der Waals surface area contributed by atoms with Gasteiger partial charge in [-0.2, -0.15) is 0 Å². The first-order valence-electron chi connectivity index (χ1n) is 8.77. The molecule has 3 rings (SSSR count). The summed E-state index contributed by atoms with van der Waals surface area (Å²) in [5, 5.41) is 6.05. The molecule has 3 amide bonds. The highest BCUT2D eigenvalue weighted by Gasteiger charge is 2.38. The van der Waals surface area contributed by atoms with E-state index in [2.05, 4.69) is 22.5 Å². The van der Waals surface area contributed by atoms with Crippen molar-refractivity contribution in [3.05, 3.63) is 24.3 Å². The van der Waals surface area contributed by atoms with Gasteiger partial charge < -0.3 is 20.4 Å². The predicted octanol–water partition coefficient (Wildman–Crippen LogP) is 2.42. The molecule has 1 aliphatic heterocycles. The standard InChI is InChI=1S/C18H26N4O2/c1-3-21(2)15-10-6-4-8-13(15)20-18(24)22-12-17(23)19-14-9-5-7-11-16(14)22/h4,6,8,10,14,16H,3,5,7,9,11-12H2,1-2H3,(H,19,23)(H,20,24)/t14-,16+/m1/s1. The summed E-state index contributed by atoms with van der Waals surface area (Å²) in [4.78, 5) is 28.6. The number of benzene rings is 1. The maximum atomic E-state index is 12.8. The quantitative estimate of drug-likeness (QED) is 0.894. The lowest BCUT2D eigenvalue weighted by molar-refractivity contribution is -0.126. The molecule has 0 bridgehead atoms. The lowest BCUT2D eigenvalue weighted by Gasteiger charge is -2.43. The van der Waals surface area contributed by atoms with Crippen LogP contribution in [-0.4, -0.2) is 49.1 Å². The van der Waals surface area contributed by atoms with Gasteiger partial charge in [0.2, 0.25) is 5.91 Å². The normalized spacial score (nSPS) is 23.2. The van der Waals surface area contributed by atoms with Crippen LogP contribution in [0.25, 0.3) is 0 Å². The van der Waals surface area contributed by atoms with Crippen molar-refractivity contribution in [2.75, 3.05) is 30.4 Å². The van der Waals surface area contributed by atoms with Crippen molar-refractivity contribution in [3.63, 3.8) is 0 Å². The highest BCUT2D eigenvalue weighted by Crippen LogP contribution is 2.28. The van der Waals surface area contributed by atoms with Crippen molar-refractivity contribution in [2.45, 2.75) is 44.7 Å². The number of fused-ring (bicyclic) bond motifs is 1. The smallest absolute Gasteiger partial charge is 0.322 e. The first-order valence-corrected chi connectivity index (χ1v) is 8.77. The molecule has 2 aliphatic rings. The molecule has 1 saturated heterocycles. The largest absolute Gasteiger partial charge is 0.373 e. The molecule has 0 spiro atoms. The Labute approximate surface area is 143 Å². The number of piperazine rings is 1. The zero-order valence-electron chi connectivity index (χ0n) is 14.4. The summed E-state index contributed by atoms with van der Waals surface area (Å²) in [6.07, 6.45) is 4.13. The Morgan fingerprint density at radius 3 is 2.88 bits per heavy atom. The van der Waals surface area contributed by atoms with E-state index in [-0.39, 0.29) is 30.6 Å². The van der Waals surface area contributed by atoms with E-state index in [1.807, 2.05) is 31.3 Å². The van der Waals surface area contributed by atoms with Gasteiger partial charge in [0.15, 0.2) is 0 Å². The van der Waals surface area contributed by atoms with Crippen molar-refractivity contribution in [3.8, 4) is 0 Å². The fraction of sp³-hybridized carbons (Fsp3) is 0.556. The van der Waals surface area contributed by atoms with E-state index in [0.717, 1.165) is 43.6 Å². The van der Waals surface area contributed by atoms with Crippen LogP contribution in [0.15, 0.2) is 24.3 Å². The Bertz CT molecular complexity index is 619. The second-order valence-electron chi connectivity index (χ2n) is 6.62. The average Bonchev–Trinajstić information content (AvgIpc) is 2.60. The second kappa shape index (κ2) is 7.11. The molecule has 2 atom stereocenters. The monoisotopic (exact) mass is 330 g/mol. The number of hydrogen-bond donors (Lipinski definition) is 2. The molecule has 2 fully saturated rings. The van der Waals surface area contributed by atoms with Crippen molar-refractivity contribution >= 4 is 23.3 Å². The topological polar surface area (TPSA) is 64.7 Å². The summed E-state index contributed by atoms with van der Waals surface area (Å²) < 4.78 is 0. The Kier molecular flexibility index (Phi) is 4.92. The van der Waals surface area contributed by atoms with Gasteiger partial charge in [0.1, 0.15) is 6.54 Å². The van der Waals surface area contributed by atoms with E-state index in [1.165, 1.54) is 0 Å². The third-order valence-corrected chi connectivity index (χ3v) is 5.08. The average molecular weight is 330 g/mol. The predicted molar refractivity (Wildman–Crippen MR) is 95.3 cm³/mol. The van der Waals surface area contributed by atoms with Crippen molar-refractivity contribution in [1.29, 1.82) is 0 Å². The van der Waals surface area contributed by atoms with Gasteiger partial charge >= 0.3 is 6.03 Å². The number of anilines is 2. The summed E-state index contributed by atoms with van der Waals surface area (Å²) in [6, 6.07) is 7.79. The van der Waals surface area contributed by atoms with Crippen LogP contribution in [0.2, 0.25) is 0 Å². The molecule has 1 aromatic carbocycles. The van der Waals surface area contributed by atoms with E-state index < -0.39 is 0 Å². The molecule has 130 valence electrons.